The Morgan fingerprint density at radius 1 is 1.10 bits per heavy atom. The van der Waals surface area contributed by atoms with Gasteiger partial charge in [-0.1, -0.05) is 0 Å². The maximum Gasteiger partial charge on any atom is 0.168 e. The molecule has 0 bridgehead atoms. The lowest BCUT2D eigenvalue weighted by Gasteiger charge is -2.07. The third kappa shape index (κ3) is 1.97. The zero-order chi connectivity index (χ0) is 14.1. The van der Waals surface area contributed by atoms with Crippen LogP contribution in [0.4, 0.5) is 5.69 Å². The second kappa shape index (κ2) is 4.85. The molecule has 5 heteroatoms. The van der Waals surface area contributed by atoms with Crippen molar-refractivity contribution in [3.05, 3.63) is 42.1 Å². The van der Waals surface area contributed by atoms with Gasteiger partial charge in [0, 0.05) is 11.3 Å². The van der Waals surface area contributed by atoms with E-state index < -0.39 is 0 Å². The van der Waals surface area contributed by atoms with Gasteiger partial charge in [0.1, 0.15) is 5.75 Å². The van der Waals surface area contributed by atoms with Crippen molar-refractivity contribution in [2.45, 2.75) is 13.8 Å². The Morgan fingerprint density at radius 2 is 1.85 bits per heavy atom. The lowest BCUT2D eigenvalue weighted by Crippen LogP contribution is -1.99. The number of benzene rings is 1. The Bertz CT molecular complexity index is 746. The Balaban J connectivity index is 2.12. The van der Waals surface area contributed by atoms with Gasteiger partial charge in [-0.2, -0.15) is 0 Å². The van der Waals surface area contributed by atoms with Crippen LogP contribution in [0.15, 0.2) is 36.4 Å². The average molecular weight is 268 g/mol. The van der Waals surface area contributed by atoms with Crippen molar-refractivity contribution in [2.24, 2.45) is 0 Å². The van der Waals surface area contributed by atoms with Gasteiger partial charge in [0.15, 0.2) is 11.5 Å². The smallest absolute Gasteiger partial charge is 0.168 e. The van der Waals surface area contributed by atoms with Crippen LogP contribution in [0.1, 0.15) is 12.6 Å². The van der Waals surface area contributed by atoms with Crippen LogP contribution in [0.3, 0.4) is 0 Å². The van der Waals surface area contributed by atoms with Crippen LogP contribution in [0, 0.1) is 6.92 Å². The van der Waals surface area contributed by atoms with Crippen LogP contribution in [0.25, 0.3) is 17.0 Å². The number of ether oxygens (including phenoxy) is 1. The van der Waals surface area contributed by atoms with E-state index in [1.165, 1.54) is 0 Å². The summed E-state index contributed by atoms with van der Waals surface area (Å²) >= 11 is 0. The maximum absolute atomic E-state index is 5.96. The molecule has 102 valence electrons. The highest BCUT2D eigenvalue weighted by Gasteiger charge is 2.11. The first kappa shape index (κ1) is 12.5. The number of aromatic nitrogens is 3. The minimum atomic E-state index is 0.656. The van der Waals surface area contributed by atoms with E-state index in [1.807, 2.05) is 54.6 Å². The normalized spacial score (nSPS) is 10.9. The Hall–Kier alpha value is -2.56. The second-order valence-corrected chi connectivity index (χ2v) is 4.55. The summed E-state index contributed by atoms with van der Waals surface area (Å²) in [5, 5.41) is 8.44. The molecule has 0 aliphatic heterocycles. The van der Waals surface area contributed by atoms with Crippen molar-refractivity contribution >= 4 is 11.3 Å². The van der Waals surface area contributed by atoms with Crippen molar-refractivity contribution in [3.8, 4) is 17.1 Å². The zero-order valence-electron chi connectivity index (χ0n) is 11.5. The molecule has 5 nitrogen and oxygen atoms in total. The molecule has 20 heavy (non-hydrogen) atoms. The summed E-state index contributed by atoms with van der Waals surface area (Å²) in [6.45, 7) is 4.58. The molecule has 0 atom stereocenters. The monoisotopic (exact) mass is 268 g/mol. The Morgan fingerprint density at radius 3 is 2.55 bits per heavy atom. The van der Waals surface area contributed by atoms with E-state index in [-0.39, 0.29) is 0 Å². The summed E-state index contributed by atoms with van der Waals surface area (Å²) in [6, 6.07) is 11.5. The number of fused-ring (bicyclic) bond motifs is 1. The predicted molar refractivity (Wildman–Crippen MR) is 78.7 cm³/mol. The molecular weight excluding hydrogens is 252 g/mol. The second-order valence-electron chi connectivity index (χ2n) is 4.55. The summed E-state index contributed by atoms with van der Waals surface area (Å²) in [7, 11) is 0. The van der Waals surface area contributed by atoms with E-state index in [1.54, 1.807) is 0 Å². The standard InChI is InChI=1S/C15H16N4O/c1-3-20-12-6-4-11(5-7-12)15-18-17-14-9-8-13(16)10(2)19(14)15/h4-9H,3,16H2,1-2H3. The van der Waals surface area contributed by atoms with E-state index in [2.05, 4.69) is 10.2 Å². The van der Waals surface area contributed by atoms with Gasteiger partial charge in [-0.3, -0.25) is 4.40 Å². The van der Waals surface area contributed by atoms with E-state index >= 15 is 0 Å². The molecule has 0 amide bonds. The van der Waals surface area contributed by atoms with Crippen molar-refractivity contribution in [3.63, 3.8) is 0 Å². The van der Waals surface area contributed by atoms with E-state index in [9.17, 15) is 0 Å². The Labute approximate surface area is 117 Å². The molecule has 2 heterocycles. The molecule has 2 N–H and O–H groups in total. The third-order valence-electron chi connectivity index (χ3n) is 3.28. The van der Waals surface area contributed by atoms with Gasteiger partial charge >= 0.3 is 0 Å². The number of hydrogen-bond donors (Lipinski definition) is 1. The highest BCUT2D eigenvalue weighted by atomic mass is 16.5. The highest BCUT2D eigenvalue weighted by molar-refractivity contribution is 5.63. The first-order chi connectivity index (χ1) is 9.70. The number of nitrogens with two attached hydrogens (primary N) is 1. The number of anilines is 1. The lowest BCUT2D eigenvalue weighted by atomic mass is 10.2. The predicted octanol–water partition coefficient (Wildman–Crippen LogP) is 2.69. The van der Waals surface area contributed by atoms with Gasteiger partial charge in [-0.25, -0.2) is 0 Å². The number of hydrogen-bond acceptors (Lipinski definition) is 4. The first-order valence-electron chi connectivity index (χ1n) is 6.54. The average Bonchev–Trinajstić information content (AvgIpc) is 2.89. The minimum Gasteiger partial charge on any atom is -0.494 e. The zero-order valence-corrected chi connectivity index (χ0v) is 11.5. The molecular formula is C15H16N4O. The summed E-state index contributed by atoms with van der Waals surface area (Å²) in [5.41, 5.74) is 9.40. The van der Waals surface area contributed by atoms with Gasteiger partial charge in [0.25, 0.3) is 0 Å². The number of aryl methyl sites for hydroxylation is 1. The largest absolute Gasteiger partial charge is 0.494 e. The fraction of sp³-hybridized carbons (Fsp3) is 0.200. The lowest BCUT2D eigenvalue weighted by molar-refractivity contribution is 0.340. The SMILES string of the molecule is CCOc1ccc(-c2nnc3ccc(N)c(C)n23)cc1. The highest BCUT2D eigenvalue weighted by Crippen LogP contribution is 2.24. The van der Waals surface area contributed by atoms with Gasteiger partial charge in [-0.15, -0.1) is 10.2 Å². The molecule has 0 unspecified atom stereocenters. The van der Waals surface area contributed by atoms with Gasteiger partial charge in [0.05, 0.1) is 12.3 Å². The molecule has 3 rings (SSSR count). The van der Waals surface area contributed by atoms with Gasteiger partial charge in [0.2, 0.25) is 0 Å². The summed E-state index contributed by atoms with van der Waals surface area (Å²) < 4.78 is 7.41. The molecule has 0 radical (unpaired) electrons. The number of rotatable bonds is 3. The topological polar surface area (TPSA) is 65.4 Å². The van der Waals surface area contributed by atoms with Crippen LogP contribution in [-0.4, -0.2) is 21.2 Å². The Kier molecular flexibility index (Phi) is 3.02. The maximum atomic E-state index is 5.96. The van der Waals surface area contributed by atoms with Crippen LogP contribution in [0.5, 0.6) is 5.75 Å². The molecule has 0 saturated heterocycles. The molecule has 0 aliphatic rings. The molecule has 2 aromatic heterocycles. The fourth-order valence-electron chi connectivity index (χ4n) is 2.20. The quantitative estimate of drug-likeness (QED) is 0.793. The van der Waals surface area contributed by atoms with Crippen LogP contribution in [0.2, 0.25) is 0 Å². The van der Waals surface area contributed by atoms with Crippen LogP contribution < -0.4 is 10.5 Å². The molecule has 3 aromatic rings. The van der Waals surface area contributed by atoms with Crippen molar-refractivity contribution in [1.82, 2.24) is 14.6 Å². The summed E-state index contributed by atoms with van der Waals surface area (Å²) in [4.78, 5) is 0. The fourth-order valence-corrected chi connectivity index (χ4v) is 2.20. The molecule has 0 saturated carbocycles. The van der Waals surface area contributed by atoms with E-state index in [4.69, 9.17) is 10.5 Å². The van der Waals surface area contributed by atoms with Crippen molar-refractivity contribution < 1.29 is 4.74 Å². The van der Waals surface area contributed by atoms with E-state index in [0.717, 1.165) is 34.2 Å². The van der Waals surface area contributed by atoms with Crippen LogP contribution in [-0.2, 0) is 0 Å². The molecule has 0 spiro atoms. The number of pyridine rings is 1. The molecule has 0 fully saturated rings. The number of nitrogen functional groups attached to an aromatic ring is 1. The first-order valence-corrected chi connectivity index (χ1v) is 6.54. The van der Waals surface area contributed by atoms with Crippen molar-refractivity contribution in [1.29, 1.82) is 0 Å². The molecule has 1 aromatic carbocycles. The third-order valence-corrected chi connectivity index (χ3v) is 3.28. The van der Waals surface area contributed by atoms with Gasteiger partial charge in [-0.05, 0) is 50.2 Å². The summed E-state index contributed by atoms with van der Waals surface area (Å²) in [5.74, 6) is 1.63. The van der Waals surface area contributed by atoms with Crippen molar-refractivity contribution in [2.75, 3.05) is 12.3 Å². The molecule has 0 aliphatic carbocycles. The van der Waals surface area contributed by atoms with Gasteiger partial charge < -0.3 is 10.5 Å². The number of nitrogens with zero attached hydrogens (tertiary/aromatic N) is 3. The van der Waals surface area contributed by atoms with E-state index in [0.29, 0.717) is 6.61 Å². The minimum absolute atomic E-state index is 0.656. The summed E-state index contributed by atoms with van der Waals surface area (Å²) in [6.07, 6.45) is 0. The van der Waals surface area contributed by atoms with Crippen LogP contribution >= 0.6 is 0 Å².